The zero-order valence-corrected chi connectivity index (χ0v) is 23.6. The number of hydrogen-bond donors (Lipinski definition) is 1. The zero-order valence-electron chi connectivity index (χ0n) is 19.4. The topological polar surface area (TPSA) is 60.4 Å². The smallest absolute Gasteiger partial charge is 0.315 e. The van der Waals surface area contributed by atoms with Crippen LogP contribution in [0.3, 0.4) is 0 Å². The van der Waals surface area contributed by atoms with E-state index in [-0.39, 0.29) is 0 Å². The molecule has 0 radical (unpaired) electrons. The molecule has 0 aliphatic heterocycles. The van der Waals surface area contributed by atoms with Gasteiger partial charge in [-0.25, -0.2) is 0 Å². The normalized spacial score (nSPS) is 17.8. The maximum Gasteiger partial charge on any atom is 0.315 e. The molecule has 3 unspecified atom stereocenters. The number of likely N-dealkylation sites (N-methyl/N-ethyl adjacent to an activating group) is 1. The van der Waals surface area contributed by atoms with Crippen LogP contribution < -0.4 is 0 Å². The zero-order chi connectivity index (χ0) is 21.3. The van der Waals surface area contributed by atoms with Crippen LogP contribution in [-0.4, -0.2) is 77.5 Å². The number of ether oxygens (including phenoxy) is 1. The highest BCUT2D eigenvalue weighted by Gasteiger charge is 2.38. The predicted molar refractivity (Wildman–Crippen MR) is 124 cm³/mol. The van der Waals surface area contributed by atoms with Gasteiger partial charge in [-0.15, -0.1) is 0 Å². The van der Waals surface area contributed by atoms with Crippen LogP contribution in [0, 0.1) is 0 Å². The van der Waals surface area contributed by atoms with Gasteiger partial charge in [0.15, 0.2) is 16.6 Å². The fraction of sp³-hybridized carbons (Fsp3) is 1.00. The Balaban J connectivity index is 4.53. The van der Waals surface area contributed by atoms with Crippen LogP contribution in [-0.2, 0) is 17.1 Å². The molecule has 6 nitrogen and oxygen atoms in total. The van der Waals surface area contributed by atoms with Crippen molar-refractivity contribution < 1.29 is 22.2 Å². The number of hydrogen-bond acceptors (Lipinski definition) is 6. The van der Waals surface area contributed by atoms with Gasteiger partial charge in [0, 0.05) is 13.2 Å². The second-order valence-corrected chi connectivity index (χ2v) is 24.5. The Hall–Kier alpha value is 0.628. The first-order chi connectivity index (χ1) is 12.2. The number of rotatable bonds is 15. The monoisotopic (exact) mass is 455 g/mol. The maximum absolute atomic E-state index is 10.0. The maximum atomic E-state index is 10.0. The molecule has 0 saturated carbocycles. The third kappa shape index (κ3) is 15.2. The fourth-order valence-corrected chi connectivity index (χ4v) is 17.9. The summed E-state index contributed by atoms with van der Waals surface area (Å²) in [6.45, 7) is 21.5. The summed E-state index contributed by atoms with van der Waals surface area (Å²) in [6, 6.07) is 0.893. The van der Waals surface area contributed by atoms with Gasteiger partial charge in [0.25, 0.3) is 9.28 Å². The molecule has 0 aliphatic rings. The molecule has 0 spiro atoms. The van der Waals surface area contributed by atoms with Crippen LogP contribution in [0.2, 0.25) is 58.4 Å². The average Bonchev–Trinajstić information content (AvgIpc) is 2.42. The van der Waals surface area contributed by atoms with Crippen LogP contribution in [0.15, 0.2) is 0 Å². The summed E-state index contributed by atoms with van der Waals surface area (Å²) in [5.41, 5.74) is 0. The highest BCUT2D eigenvalue weighted by molar-refractivity contribution is 6.85. The second-order valence-electron chi connectivity index (χ2n) is 9.40. The fourth-order valence-electron chi connectivity index (χ4n) is 2.97. The lowest BCUT2D eigenvalue weighted by atomic mass is 10.4. The minimum Gasteiger partial charge on any atom is -0.439 e. The van der Waals surface area contributed by atoms with E-state index in [1.807, 2.05) is 11.9 Å². The van der Waals surface area contributed by atoms with E-state index in [1.54, 1.807) is 0 Å². The van der Waals surface area contributed by atoms with E-state index in [0.717, 1.165) is 25.4 Å². The second kappa shape index (κ2) is 12.4. The van der Waals surface area contributed by atoms with E-state index in [1.165, 1.54) is 0 Å². The molecule has 0 fully saturated rings. The summed E-state index contributed by atoms with van der Waals surface area (Å²) in [6.07, 6.45) is 1.36. The molecule has 3 atom stereocenters. The Morgan fingerprint density at radius 2 is 1.59 bits per heavy atom. The molecule has 0 rings (SSSR count). The minimum atomic E-state index is -2.29. The highest BCUT2D eigenvalue weighted by atomic mass is 28.5. The van der Waals surface area contributed by atoms with Crippen LogP contribution in [0.1, 0.15) is 19.8 Å². The Kier molecular flexibility index (Phi) is 12.6. The Morgan fingerprint density at radius 1 is 1.00 bits per heavy atom. The van der Waals surface area contributed by atoms with Gasteiger partial charge in [-0.05, 0) is 78.3 Å². The Bertz CT molecular complexity index is 406. The number of aliphatic hydroxyl groups is 1. The molecular formula is C17H45NO5Si4. The van der Waals surface area contributed by atoms with Crippen molar-refractivity contribution >= 4 is 34.5 Å². The van der Waals surface area contributed by atoms with E-state index in [9.17, 15) is 5.11 Å². The van der Waals surface area contributed by atoms with Crippen molar-refractivity contribution in [2.24, 2.45) is 0 Å². The SMILES string of the molecule is CCCN(C)C(O)COCCC[Si](C)(O[SiH](C)O[Si](C)(C)C)O[Si](C)(C)C. The third-order valence-corrected chi connectivity index (χ3v) is 16.6. The Labute approximate surface area is 172 Å². The molecule has 0 amide bonds. The molecule has 0 heterocycles. The van der Waals surface area contributed by atoms with Crippen molar-refractivity contribution in [3.8, 4) is 0 Å². The molecule has 0 aromatic rings. The first-order valence-electron chi connectivity index (χ1n) is 10.2. The first kappa shape index (κ1) is 27.6. The van der Waals surface area contributed by atoms with Crippen molar-refractivity contribution in [3.63, 3.8) is 0 Å². The summed E-state index contributed by atoms with van der Waals surface area (Å²) in [5.74, 6) is 0. The van der Waals surface area contributed by atoms with Crippen molar-refractivity contribution in [1.82, 2.24) is 4.90 Å². The molecule has 1 N–H and O–H groups in total. The predicted octanol–water partition coefficient (Wildman–Crippen LogP) is 3.70. The quantitative estimate of drug-likeness (QED) is 0.231. The van der Waals surface area contributed by atoms with Gasteiger partial charge >= 0.3 is 8.56 Å². The van der Waals surface area contributed by atoms with E-state index in [0.29, 0.717) is 13.2 Å². The molecular weight excluding hydrogens is 411 g/mol. The van der Waals surface area contributed by atoms with E-state index in [2.05, 4.69) is 59.3 Å². The molecule has 0 saturated heterocycles. The Morgan fingerprint density at radius 3 is 2.07 bits per heavy atom. The van der Waals surface area contributed by atoms with Crippen molar-refractivity contribution in [2.75, 3.05) is 26.8 Å². The van der Waals surface area contributed by atoms with Crippen LogP contribution >= 0.6 is 0 Å². The molecule has 10 heteroatoms. The lowest BCUT2D eigenvalue weighted by Gasteiger charge is -2.37. The molecule has 164 valence electrons. The summed E-state index contributed by atoms with van der Waals surface area (Å²) < 4.78 is 24.9. The molecule has 0 aliphatic carbocycles. The highest BCUT2D eigenvalue weighted by Crippen LogP contribution is 2.23. The summed E-state index contributed by atoms with van der Waals surface area (Å²) in [5, 5.41) is 10.0. The third-order valence-electron chi connectivity index (χ3n) is 3.73. The largest absolute Gasteiger partial charge is 0.439 e. The van der Waals surface area contributed by atoms with Crippen LogP contribution in [0.25, 0.3) is 0 Å². The summed E-state index contributed by atoms with van der Waals surface area (Å²) >= 11 is 0. The van der Waals surface area contributed by atoms with E-state index >= 15 is 0 Å². The lowest BCUT2D eigenvalue weighted by molar-refractivity contribution is -0.0470. The van der Waals surface area contributed by atoms with Gasteiger partial charge in [0.2, 0.25) is 0 Å². The average molecular weight is 456 g/mol. The van der Waals surface area contributed by atoms with Crippen molar-refractivity contribution in [3.05, 3.63) is 0 Å². The van der Waals surface area contributed by atoms with Gasteiger partial charge in [-0.2, -0.15) is 0 Å². The van der Waals surface area contributed by atoms with Crippen LogP contribution in [0.5, 0.6) is 0 Å². The summed E-state index contributed by atoms with van der Waals surface area (Å²) in [4.78, 5) is 1.91. The minimum absolute atomic E-state index is 0.342. The van der Waals surface area contributed by atoms with Gasteiger partial charge in [-0.1, -0.05) is 6.92 Å². The van der Waals surface area contributed by atoms with Gasteiger partial charge in [0.1, 0.15) is 6.23 Å². The van der Waals surface area contributed by atoms with E-state index < -0.39 is 40.7 Å². The van der Waals surface area contributed by atoms with E-state index in [4.69, 9.17) is 17.1 Å². The molecule has 27 heavy (non-hydrogen) atoms. The first-order valence-corrected chi connectivity index (χ1v) is 21.6. The van der Waals surface area contributed by atoms with Gasteiger partial charge in [-0.3, -0.25) is 4.90 Å². The van der Waals surface area contributed by atoms with Crippen molar-refractivity contribution in [1.29, 1.82) is 0 Å². The van der Waals surface area contributed by atoms with Crippen LogP contribution in [0.4, 0.5) is 0 Å². The molecule has 0 aromatic carbocycles. The number of aliphatic hydroxyl groups excluding tert-OH is 1. The summed E-state index contributed by atoms with van der Waals surface area (Å²) in [7, 11) is -5.38. The van der Waals surface area contributed by atoms with Gasteiger partial charge < -0.3 is 22.2 Å². The lowest BCUT2D eigenvalue weighted by Crippen LogP contribution is -2.51. The number of nitrogens with zero attached hydrogens (tertiary/aromatic N) is 1. The van der Waals surface area contributed by atoms with Crippen molar-refractivity contribution in [2.45, 2.75) is 84.4 Å². The molecule has 0 aromatic heterocycles. The van der Waals surface area contributed by atoms with Gasteiger partial charge in [0.05, 0.1) is 6.61 Å². The standard InChI is InChI=1S/C17H45NO5Si4/c1-11-13-18(2)17(19)16-20-14-12-15-27(10,23-26(7,8)9)22-24(3)21-25(4,5)6/h17,19,24H,11-16H2,1-10H3. The molecule has 0 bridgehead atoms.